The normalized spacial score (nSPS) is 13.6. The third kappa shape index (κ3) is 15.9. The number of ether oxygens (including phenoxy) is 1. The molecular weight excluding hydrogens is 527 g/mol. The third-order valence-electron chi connectivity index (χ3n) is 4.92. The van der Waals surface area contributed by atoms with E-state index in [1.807, 2.05) is 38.3 Å². The Morgan fingerprint density at radius 3 is 2.76 bits per heavy atom. The standard InChI is InChI=1S/C28H36ClFN4O3S/c1-22(17-33-18-24(16-25(30)20-35)7-8-26-6-5-15-38-26)27(29)19-34(31)13-10-23(9-12-32-21-36)11-14-37-28(2,3)4/h5-6,15-21,23H,1,9-14,31H2,2-4H3,(H,32,36)/b24-18-,25-16+,27-19+,33-17?. The van der Waals surface area contributed by atoms with Crippen LogP contribution in [0.1, 0.15) is 44.9 Å². The van der Waals surface area contributed by atoms with E-state index in [4.69, 9.17) is 22.2 Å². The van der Waals surface area contributed by atoms with Gasteiger partial charge in [0, 0.05) is 49.5 Å². The second-order valence-corrected chi connectivity index (χ2v) is 10.6. The summed E-state index contributed by atoms with van der Waals surface area (Å²) in [6.07, 6.45) is 8.47. The van der Waals surface area contributed by atoms with Gasteiger partial charge in [0.1, 0.15) is 0 Å². The Kier molecular flexibility index (Phi) is 15.9. The zero-order chi connectivity index (χ0) is 28.4. The number of thiophene rings is 1. The van der Waals surface area contributed by atoms with E-state index >= 15 is 0 Å². The molecule has 1 unspecified atom stereocenters. The molecule has 1 amide bonds. The molecule has 0 saturated heterocycles. The first-order chi connectivity index (χ1) is 18.0. The highest BCUT2D eigenvalue weighted by atomic mass is 35.5. The number of nitrogens with two attached hydrogens (primary N) is 1. The van der Waals surface area contributed by atoms with E-state index in [1.54, 1.807) is 6.20 Å². The first kappa shape index (κ1) is 33.0. The molecule has 0 aliphatic rings. The second-order valence-electron chi connectivity index (χ2n) is 9.24. The summed E-state index contributed by atoms with van der Waals surface area (Å²) in [6.45, 7) is 11.6. The molecule has 1 rings (SSSR count). The van der Waals surface area contributed by atoms with Gasteiger partial charge in [-0.15, -0.1) is 11.3 Å². The molecule has 1 heterocycles. The van der Waals surface area contributed by atoms with Crippen molar-refractivity contribution in [1.82, 2.24) is 10.3 Å². The summed E-state index contributed by atoms with van der Waals surface area (Å²) >= 11 is 7.78. The van der Waals surface area contributed by atoms with Crippen LogP contribution in [0.15, 0.2) is 69.6 Å². The van der Waals surface area contributed by atoms with Gasteiger partial charge in [-0.25, -0.2) is 10.2 Å². The van der Waals surface area contributed by atoms with Gasteiger partial charge in [-0.1, -0.05) is 36.1 Å². The number of hydrazine groups is 1. The molecule has 0 saturated carbocycles. The second kappa shape index (κ2) is 18.3. The van der Waals surface area contributed by atoms with Crippen LogP contribution >= 0.6 is 22.9 Å². The molecule has 0 aliphatic carbocycles. The van der Waals surface area contributed by atoms with E-state index in [0.29, 0.717) is 37.6 Å². The fraction of sp³-hybridized carbons (Fsp3) is 0.393. The SMILES string of the molecule is C=C(C=N/C=C(C#Cc1cccs1)\C=C(\F)C=O)/C(Cl)=C\N(N)CCC(CCNC=O)CCOC(C)(C)C. The maximum absolute atomic E-state index is 13.5. The maximum Gasteiger partial charge on any atom is 0.207 e. The van der Waals surface area contributed by atoms with E-state index in [9.17, 15) is 14.0 Å². The van der Waals surface area contributed by atoms with Crippen molar-refractivity contribution < 1.29 is 18.7 Å². The minimum Gasteiger partial charge on any atom is -0.376 e. The quantitative estimate of drug-likeness (QED) is 0.0418. The molecule has 0 fully saturated rings. The number of nitrogens with zero attached hydrogens (tertiary/aromatic N) is 2. The maximum atomic E-state index is 13.5. The molecule has 1 atom stereocenters. The molecular formula is C28H36ClFN4O3S. The number of carbonyl (C=O) groups is 2. The molecule has 0 aromatic carbocycles. The number of amides is 1. The lowest BCUT2D eigenvalue weighted by molar-refractivity contribution is -0.109. The first-order valence-electron chi connectivity index (χ1n) is 12.0. The third-order valence-corrected chi connectivity index (χ3v) is 6.05. The van der Waals surface area contributed by atoms with Gasteiger partial charge >= 0.3 is 0 Å². The molecule has 38 heavy (non-hydrogen) atoms. The zero-order valence-electron chi connectivity index (χ0n) is 22.1. The Morgan fingerprint density at radius 2 is 2.13 bits per heavy atom. The van der Waals surface area contributed by atoms with Crippen molar-refractivity contribution >= 4 is 41.8 Å². The fourth-order valence-corrected chi connectivity index (χ4v) is 3.72. The molecule has 1 aromatic heterocycles. The van der Waals surface area contributed by atoms with Gasteiger partial charge in [0.25, 0.3) is 0 Å². The number of aliphatic imine (C=N–C) groups is 1. The van der Waals surface area contributed by atoms with Gasteiger partial charge in [-0.3, -0.25) is 14.6 Å². The Bertz CT molecular complexity index is 1080. The van der Waals surface area contributed by atoms with Crippen molar-refractivity contribution in [1.29, 1.82) is 0 Å². The van der Waals surface area contributed by atoms with Crippen LogP contribution in [-0.4, -0.2) is 49.2 Å². The predicted octanol–water partition coefficient (Wildman–Crippen LogP) is 5.27. The number of hydrogen-bond donors (Lipinski definition) is 2. The van der Waals surface area contributed by atoms with Gasteiger partial charge in [0.15, 0.2) is 12.1 Å². The van der Waals surface area contributed by atoms with Gasteiger partial charge in [-0.2, -0.15) is 0 Å². The van der Waals surface area contributed by atoms with Crippen LogP contribution in [0.3, 0.4) is 0 Å². The van der Waals surface area contributed by atoms with Crippen LogP contribution in [0.4, 0.5) is 4.39 Å². The molecule has 3 N–H and O–H groups in total. The molecule has 0 bridgehead atoms. The van der Waals surface area contributed by atoms with Gasteiger partial charge in [-0.05, 0) is 63.5 Å². The molecule has 0 aliphatic heterocycles. The topological polar surface area (TPSA) is 97.0 Å². The number of hydrogen-bond acceptors (Lipinski definition) is 7. The number of halogens is 2. The minimum atomic E-state index is -0.965. The fourth-order valence-electron chi connectivity index (χ4n) is 2.98. The number of aldehydes is 1. The van der Waals surface area contributed by atoms with Crippen molar-refractivity contribution in [3.63, 3.8) is 0 Å². The van der Waals surface area contributed by atoms with E-state index in [1.165, 1.54) is 28.8 Å². The summed E-state index contributed by atoms with van der Waals surface area (Å²) in [5.74, 6) is 11.1. The zero-order valence-corrected chi connectivity index (χ0v) is 23.7. The average molecular weight is 563 g/mol. The summed E-state index contributed by atoms with van der Waals surface area (Å²) < 4.78 is 19.3. The molecule has 10 heteroatoms. The number of nitrogens with one attached hydrogen (secondary N) is 1. The Balaban J connectivity index is 2.77. The van der Waals surface area contributed by atoms with Crippen LogP contribution in [0.2, 0.25) is 0 Å². The molecule has 7 nitrogen and oxygen atoms in total. The summed E-state index contributed by atoms with van der Waals surface area (Å²) in [4.78, 5) is 26.2. The minimum absolute atomic E-state index is 0.0969. The lowest BCUT2D eigenvalue weighted by atomic mass is 9.97. The molecule has 0 spiro atoms. The highest BCUT2D eigenvalue weighted by Gasteiger charge is 2.14. The molecule has 206 valence electrons. The Morgan fingerprint density at radius 1 is 1.37 bits per heavy atom. The van der Waals surface area contributed by atoms with Crippen molar-refractivity contribution in [3.8, 4) is 11.8 Å². The van der Waals surface area contributed by atoms with Crippen LogP contribution < -0.4 is 11.2 Å². The van der Waals surface area contributed by atoms with E-state index in [0.717, 1.165) is 30.2 Å². The van der Waals surface area contributed by atoms with Crippen molar-refractivity contribution in [2.45, 2.75) is 45.6 Å². The predicted molar refractivity (Wildman–Crippen MR) is 154 cm³/mol. The largest absolute Gasteiger partial charge is 0.376 e. The number of rotatable bonds is 16. The van der Waals surface area contributed by atoms with Gasteiger partial charge < -0.3 is 15.1 Å². The highest BCUT2D eigenvalue weighted by molar-refractivity contribution is 7.10. The van der Waals surface area contributed by atoms with Crippen LogP contribution in [0, 0.1) is 17.8 Å². The summed E-state index contributed by atoms with van der Waals surface area (Å²) in [5.41, 5.74) is 0.377. The number of carbonyl (C=O) groups excluding carboxylic acids is 2. The average Bonchev–Trinajstić information content (AvgIpc) is 3.38. The summed E-state index contributed by atoms with van der Waals surface area (Å²) in [6, 6.07) is 3.68. The Hall–Kier alpha value is -3.03. The van der Waals surface area contributed by atoms with E-state index in [-0.39, 0.29) is 22.5 Å². The molecule has 1 aromatic rings. The lowest BCUT2D eigenvalue weighted by Gasteiger charge is -2.24. The summed E-state index contributed by atoms with van der Waals surface area (Å²) in [7, 11) is 0. The van der Waals surface area contributed by atoms with E-state index < -0.39 is 5.83 Å². The van der Waals surface area contributed by atoms with Crippen molar-refractivity contribution in [2.75, 3.05) is 19.7 Å². The lowest BCUT2D eigenvalue weighted by Crippen LogP contribution is -2.29. The Labute approximate surface area is 233 Å². The summed E-state index contributed by atoms with van der Waals surface area (Å²) in [5, 5.41) is 6.32. The van der Waals surface area contributed by atoms with Crippen molar-refractivity contribution in [3.05, 3.63) is 69.5 Å². The highest BCUT2D eigenvalue weighted by Crippen LogP contribution is 2.18. The van der Waals surface area contributed by atoms with Crippen LogP contribution in [0.5, 0.6) is 0 Å². The van der Waals surface area contributed by atoms with Gasteiger partial charge in [0.2, 0.25) is 6.41 Å². The first-order valence-corrected chi connectivity index (χ1v) is 13.3. The van der Waals surface area contributed by atoms with E-state index in [2.05, 4.69) is 28.7 Å². The monoisotopic (exact) mass is 562 g/mol. The number of allylic oxidation sites excluding steroid dienone is 5. The molecule has 0 radical (unpaired) electrons. The van der Waals surface area contributed by atoms with Gasteiger partial charge in [0.05, 0.1) is 15.5 Å². The van der Waals surface area contributed by atoms with Crippen molar-refractivity contribution in [2.24, 2.45) is 16.8 Å². The van der Waals surface area contributed by atoms with Crippen LogP contribution in [0.25, 0.3) is 0 Å². The van der Waals surface area contributed by atoms with Crippen LogP contribution in [-0.2, 0) is 14.3 Å². The smallest absolute Gasteiger partial charge is 0.207 e.